The number of aromatic hydroxyl groups is 1. The van der Waals surface area contributed by atoms with Gasteiger partial charge in [0.15, 0.2) is 11.5 Å². The van der Waals surface area contributed by atoms with Crippen molar-refractivity contribution in [1.82, 2.24) is 15.1 Å². The first-order valence-electron chi connectivity index (χ1n) is 14.4. The molecule has 1 heterocycles. The second-order valence-corrected chi connectivity index (χ2v) is 11.9. The first-order valence-corrected chi connectivity index (χ1v) is 14.4. The summed E-state index contributed by atoms with van der Waals surface area (Å²) < 4.78 is 16.3. The Hall–Kier alpha value is -3.79. The van der Waals surface area contributed by atoms with E-state index in [9.17, 15) is 19.5 Å². The summed E-state index contributed by atoms with van der Waals surface area (Å²) in [7, 11) is 1.60. The molecule has 0 bridgehead atoms. The summed E-state index contributed by atoms with van der Waals surface area (Å²) in [4.78, 5) is 43.4. The zero-order valence-corrected chi connectivity index (χ0v) is 25.6. The third-order valence-corrected chi connectivity index (χ3v) is 7.01. The molecule has 0 unspecified atom stereocenters. The van der Waals surface area contributed by atoms with E-state index in [1.807, 2.05) is 44.2 Å². The van der Waals surface area contributed by atoms with E-state index in [4.69, 9.17) is 14.2 Å². The van der Waals surface area contributed by atoms with E-state index in [0.717, 1.165) is 5.56 Å². The number of carbonyl (C=O) groups excluding carboxylic acids is 3. The fraction of sp³-hybridized carbons (Fsp3) is 0.531. The lowest BCUT2D eigenvalue weighted by Crippen LogP contribution is -2.44. The molecule has 0 saturated carbocycles. The van der Waals surface area contributed by atoms with Crippen molar-refractivity contribution >= 4 is 17.9 Å². The molecule has 2 atom stereocenters. The monoisotopic (exact) mass is 583 g/mol. The predicted octanol–water partition coefficient (Wildman–Crippen LogP) is 4.46. The number of hydrogen-bond acceptors (Lipinski definition) is 7. The first-order chi connectivity index (χ1) is 19.9. The van der Waals surface area contributed by atoms with E-state index in [1.54, 1.807) is 43.7 Å². The topological polar surface area (TPSA) is 118 Å². The quantitative estimate of drug-likeness (QED) is 0.355. The van der Waals surface area contributed by atoms with Gasteiger partial charge in [-0.3, -0.25) is 9.59 Å². The molecule has 10 heteroatoms. The molecule has 1 aliphatic heterocycles. The van der Waals surface area contributed by atoms with Gasteiger partial charge in [-0.15, -0.1) is 0 Å². The molecule has 1 fully saturated rings. The second kappa shape index (κ2) is 14.9. The van der Waals surface area contributed by atoms with Crippen LogP contribution in [0.2, 0.25) is 0 Å². The number of nitrogens with one attached hydrogen (secondary N) is 1. The Labute approximate surface area is 248 Å². The van der Waals surface area contributed by atoms with Crippen molar-refractivity contribution in [3.8, 4) is 11.5 Å². The fourth-order valence-electron chi connectivity index (χ4n) is 4.84. The fourth-order valence-corrected chi connectivity index (χ4v) is 4.84. The minimum absolute atomic E-state index is 0.0565. The molecular formula is C32H45N3O7. The van der Waals surface area contributed by atoms with Crippen LogP contribution in [0.15, 0.2) is 48.5 Å². The van der Waals surface area contributed by atoms with Gasteiger partial charge in [0.05, 0.1) is 12.5 Å². The van der Waals surface area contributed by atoms with Gasteiger partial charge in [-0.05, 0) is 58.4 Å². The summed E-state index contributed by atoms with van der Waals surface area (Å²) >= 11 is 0. The van der Waals surface area contributed by atoms with Crippen LogP contribution in [0.3, 0.4) is 0 Å². The van der Waals surface area contributed by atoms with Crippen LogP contribution >= 0.6 is 0 Å². The molecule has 10 nitrogen and oxygen atoms in total. The van der Waals surface area contributed by atoms with Gasteiger partial charge in [0.25, 0.3) is 5.91 Å². The van der Waals surface area contributed by atoms with Crippen molar-refractivity contribution in [1.29, 1.82) is 0 Å². The minimum Gasteiger partial charge on any atom is -0.504 e. The molecular weight excluding hydrogens is 538 g/mol. The molecule has 0 radical (unpaired) electrons. The number of amides is 3. The van der Waals surface area contributed by atoms with E-state index >= 15 is 0 Å². The van der Waals surface area contributed by atoms with Crippen molar-refractivity contribution in [2.45, 2.75) is 59.2 Å². The number of phenolic OH excluding ortho intramolecular Hbond substituents is 1. The number of benzene rings is 2. The third-order valence-electron chi connectivity index (χ3n) is 7.01. The number of phenols is 1. The molecule has 1 aliphatic rings. The van der Waals surface area contributed by atoms with E-state index < -0.39 is 17.6 Å². The van der Waals surface area contributed by atoms with Crippen molar-refractivity contribution in [3.05, 3.63) is 59.7 Å². The Morgan fingerprint density at radius 1 is 1.07 bits per heavy atom. The van der Waals surface area contributed by atoms with Crippen LogP contribution in [0, 0.1) is 11.8 Å². The normalized spacial score (nSPS) is 16.8. The highest BCUT2D eigenvalue weighted by Crippen LogP contribution is 2.30. The Kier molecular flexibility index (Phi) is 11.6. The molecule has 230 valence electrons. The van der Waals surface area contributed by atoms with Gasteiger partial charge in [0.2, 0.25) is 5.91 Å². The number of rotatable bonds is 12. The summed E-state index contributed by atoms with van der Waals surface area (Å²) in [5.41, 5.74) is 0.647. The lowest BCUT2D eigenvalue weighted by molar-refractivity contribution is -0.126. The molecule has 2 aromatic carbocycles. The zero-order chi connectivity index (χ0) is 30.9. The molecule has 3 rings (SSSR count). The van der Waals surface area contributed by atoms with Gasteiger partial charge in [0, 0.05) is 63.8 Å². The Balaban J connectivity index is 1.80. The standard InChI is InChI=1S/C32H45N3O7/c1-22(2)35(30(38)24-13-14-27(36)28(17-24)41-16-10-15-40-6)20-25-19-34(31(39)42-32(3,4)5)21-26(25)29(37)33-18-23-11-8-7-9-12-23/h7-9,11-14,17,22,25-26,36H,10,15-16,18-21H2,1-6H3,(H,33,37)/t25-,26+/m0/s1. The van der Waals surface area contributed by atoms with Crippen LogP contribution in [0.5, 0.6) is 11.5 Å². The number of ether oxygens (including phenoxy) is 3. The first kappa shape index (κ1) is 32.7. The second-order valence-electron chi connectivity index (χ2n) is 11.9. The largest absolute Gasteiger partial charge is 0.504 e. The van der Waals surface area contributed by atoms with Gasteiger partial charge in [0.1, 0.15) is 5.60 Å². The maximum atomic E-state index is 13.8. The highest BCUT2D eigenvalue weighted by atomic mass is 16.6. The summed E-state index contributed by atoms with van der Waals surface area (Å²) in [5, 5.41) is 13.3. The van der Waals surface area contributed by atoms with Gasteiger partial charge < -0.3 is 34.4 Å². The number of methoxy groups -OCH3 is 1. The van der Waals surface area contributed by atoms with E-state index in [0.29, 0.717) is 31.7 Å². The van der Waals surface area contributed by atoms with Crippen molar-refractivity contribution in [3.63, 3.8) is 0 Å². The lowest BCUT2D eigenvalue weighted by Gasteiger charge is -2.31. The summed E-state index contributed by atoms with van der Waals surface area (Å²) in [6.45, 7) is 11.2. The summed E-state index contributed by atoms with van der Waals surface area (Å²) in [6, 6.07) is 14.0. The minimum atomic E-state index is -0.678. The van der Waals surface area contributed by atoms with Crippen LogP contribution in [0.1, 0.15) is 57.0 Å². The van der Waals surface area contributed by atoms with Crippen molar-refractivity contribution in [2.24, 2.45) is 11.8 Å². The number of nitrogens with zero attached hydrogens (tertiary/aromatic N) is 2. The molecule has 0 aliphatic carbocycles. The average Bonchev–Trinajstić information content (AvgIpc) is 3.37. The number of hydrogen-bond donors (Lipinski definition) is 2. The summed E-state index contributed by atoms with van der Waals surface area (Å²) in [5.74, 6) is -1.13. The number of likely N-dealkylation sites (tertiary alicyclic amines) is 1. The Bertz CT molecular complexity index is 1200. The van der Waals surface area contributed by atoms with Gasteiger partial charge >= 0.3 is 6.09 Å². The highest BCUT2D eigenvalue weighted by molar-refractivity contribution is 5.95. The van der Waals surface area contributed by atoms with Crippen LogP contribution in [-0.2, 0) is 20.8 Å². The van der Waals surface area contributed by atoms with Crippen LogP contribution in [-0.4, -0.2) is 84.4 Å². The Morgan fingerprint density at radius 2 is 1.79 bits per heavy atom. The number of carbonyl (C=O) groups is 3. The molecule has 2 N–H and O–H groups in total. The van der Waals surface area contributed by atoms with Crippen LogP contribution in [0.25, 0.3) is 0 Å². The van der Waals surface area contributed by atoms with Crippen molar-refractivity contribution in [2.75, 3.05) is 40.0 Å². The van der Waals surface area contributed by atoms with Gasteiger partial charge in [-0.25, -0.2) is 4.79 Å². The lowest BCUT2D eigenvalue weighted by atomic mass is 9.93. The summed E-state index contributed by atoms with van der Waals surface area (Å²) in [6.07, 6.45) is 0.151. The molecule has 42 heavy (non-hydrogen) atoms. The van der Waals surface area contributed by atoms with Crippen LogP contribution < -0.4 is 10.1 Å². The third kappa shape index (κ3) is 9.37. The maximum absolute atomic E-state index is 13.8. The highest BCUT2D eigenvalue weighted by Gasteiger charge is 2.42. The average molecular weight is 584 g/mol. The van der Waals surface area contributed by atoms with Crippen molar-refractivity contribution < 1.29 is 33.7 Å². The molecule has 0 aromatic heterocycles. The van der Waals surface area contributed by atoms with E-state index in [1.165, 1.54) is 12.1 Å². The Morgan fingerprint density at radius 3 is 2.43 bits per heavy atom. The molecule has 2 aromatic rings. The smallest absolute Gasteiger partial charge is 0.410 e. The SMILES string of the molecule is COCCCOc1cc(C(=O)N(C[C@@H]2CN(C(=O)OC(C)(C)C)C[C@H]2C(=O)NCc2ccccc2)C(C)C)ccc1O. The molecule has 3 amide bonds. The van der Waals surface area contributed by atoms with E-state index in [2.05, 4.69) is 5.32 Å². The predicted molar refractivity (Wildman–Crippen MR) is 159 cm³/mol. The van der Waals surface area contributed by atoms with Gasteiger partial charge in [-0.2, -0.15) is 0 Å². The van der Waals surface area contributed by atoms with Gasteiger partial charge in [-0.1, -0.05) is 30.3 Å². The molecule has 0 spiro atoms. The van der Waals surface area contributed by atoms with E-state index in [-0.39, 0.29) is 54.9 Å². The molecule has 1 saturated heterocycles. The maximum Gasteiger partial charge on any atom is 0.410 e. The van der Waals surface area contributed by atoms with Crippen LogP contribution in [0.4, 0.5) is 4.79 Å². The zero-order valence-electron chi connectivity index (χ0n) is 25.6.